The Labute approximate surface area is 180 Å². The lowest BCUT2D eigenvalue weighted by atomic mass is 10.0. The van der Waals surface area contributed by atoms with Crippen molar-refractivity contribution in [2.24, 2.45) is 0 Å². The molecular weight excluding hydrogens is 404 g/mol. The van der Waals surface area contributed by atoms with Gasteiger partial charge >= 0.3 is 0 Å². The maximum Gasteiger partial charge on any atom is 0.262 e. The average molecular weight is 429 g/mol. The van der Waals surface area contributed by atoms with Crippen LogP contribution in [-0.4, -0.2) is 40.7 Å². The van der Waals surface area contributed by atoms with Gasteiger partial charge in [0.25, 0.3) is 5.91 Å². The van der Waals surface area contributed by atoms with Crippen LogP contribution in [-0.2, 0) is 11.2 Å². The van der Waals surface area contributed by atoms with Crippen LogP contribution in [0, 0.1) is 6.92 Å². The molecule has 158 valence electrons. The Bertz CT molecular complexity index is 1100. The summed E-state index contributed by atoms with van der Waals surface area (Å²) in [5.41, 5.74) is 1.86. The summed E-state index contributed by atoms with van der Waals surface area (Å²) >= 11 is 5.95. The second-order valence-electron chi connectivity index (χ2n) is 7.86. The van der Waals surface area contributed by atoms with Crippen LogP contribution in [0.25, 0.3) is 10.9 Å². The van der Waals surface area contributed by atoms with Gasteiger partial charge in [0.2, 0.25) is 5.91 Å². The molecule has 0 atom stereocenters. The van der Waals surface area contributed by atoms with Gasteiger partial charge in [0, 0.05) is 21.7 Å². The molecule has 2 N–H and O–H groups in total. The number of carbonyl (C=O) groups is 2. The molecule has 0 aliphatic heterocycles. The van der Waals surface area contributed by atoms with Crippen molar-refractivity contribution in [2.45, 2.75) is 32.7 Å². The lowest BCUT2D eigenvalue weighted by Gasteiger charge is -2.23. The number of fused-ring (bicyclic) bond motifs is 1. The van der Waals surface area contributed by atoms with Crippen LogP contribution in [0.1, 0.15) is 35.5 Å². The Morgan fingerprint density at radius 2 is 1.83 bits per heavy atom. The van der Waals surface area contributed by atoms with Crippen molar-refractivity contribution in [2.75, 3.05) is 13.7 Å². The van der Waals surface area contributed by atoms with E-state index in [0.29, 0.717) is 27.5 Å². The fourth-order valence-electron chi connectivity index (χ4n) is 3.42. The van der Waals surface area contributed by atoms with Crippen LogP contribution < -0.4 is 10.1 Å². The zero-order valence-electron chi connectivity index (χ0n) is 17.5. The maximum atomic E-state index is 13.3. The molecule has 0 spiro atoms. The van der Waals surface area contributed by atoms with Crippen LogP contribution in [0.4, 0.5) is 0 Å². The standard InChI is InChI=1S/C23H25ClN2O4/c1-14-18(12-21(28)25-23(2,3)13-27)19-11-17(30-4)9-10-20(19)26(14)22(29)15-5-7-16(24)8-6-15/h5-11,27H,12-13H2,1-4H3,(H,25,28). The first kappa shape index (κ1) is 21.9. The number of methoxy groups -OCH3 is 1. The third kappa shape index (κ3) is 4.35. The van der Waals surface area contributed by atoms with Gasteiger partial charge in [-0.15, -0.1) is 0 Å². The fraction of sp³-hybridized carbons (Fsp3) is 0.304. The summed E-state index contributed by atoms with van der Waals surface area (Å²) in [6.07, 6.45) is 0.0693. The zero-order chi connectivity index (χ0) is 22.1. The van der Waals surface area contributed by atoms with Gasteiger partial charge in [0.1, 0.15) is 5.75 Å². The molecule has 7 heteroatoms. The van der Waals surface area contributed by atoms with E-state index in [-0.39, 0.29) is 24.8 Å². The summed E-state index contributed by atoms with van der Waals surface area (Å²) in [6.45, 7) is 5.13. The van der Waals surface area contributed by atoms with Crippen LogP contribution in [0.15, 0.2) is 42.5 Å². The predicted octanol–water partition coefficient (Wildman–Crippen LogP) is 3.73. The molecule has 1 heterocycles. The highest BCUT2D eigenvalue weighted by Crippen LogP contribution is 2.31. The van der Waals surface area contributed by atoms with Crippen molar-refractivity contribution < 1.29 is 19.4 Å². The number of hydrogen-bond acceptors (Lipinski definition) is 4. The van der Waals surface area contributed by atoms with E-state index in [1.54, 1.807) is 55.9 Å². The van der Waals surface area contributed by atoms with Crippen LogP contribution in [0.3, 0.4) is 0 Å². The smallest absolute Gasteiger partial charge is 0.262 e. The van der Waals surface area contributed by atoms with Crippen molar-refractivity contribution in [3.05, 3.63) is 64.3 Å². The van der Waals surface area contributed by atoms with Crippen molar-refractivity contribution in [1.82, 2.24) is 9.88 Å². The number of rotatable bonds is 6. The summed E-state index contributed by atoms with van der Waals surface area (Å²) in [5.74, 6) is 0.190. The fourth-order valence-corrected chi connectivity index (χ4v) is 3.54. The predicted molar refractivity (Wildman–Crippen MR) is 117 cm³/mol. The number of halogens is 1. The monoisotopic (exact) mass is 428 g/mol. The van der Waals surface area contributed by atoms with Crippen LogP contribution >= 0.6 is 11.6 Å². The molecule has 1 amide bonds. The Morgan fingerprint density at radius 1 is 1.17 bits per heavy atom. The average Bonchev–Trinajstić information content (AvgIpc) is 2.98. The highest BCUT2D eigenvalue weighted by atomic mass is 35.5. The highest BCUT2D eigenvalue weighted by Gasteiger charge is 2.24. The second kappa shape index (κ2) is 8.50. The van der Waals surface area contributed by atoms with E-state index in [2.05, 4.69) is 5.32 Å². The number of amides is 1. The molecule has 0 aliphatic rings. The molecule has 3 rings (SSSR count). The minimum absolute atomic E-state index is 0.0693. The first-order chi connectivity index (χ1) is 14.2. The van der Waals surface area contributed by atoms with E-state index in [1.807, 2.05) is 19.1 Å². The highest BCUT2D eigenvalue weighted by molar-refractivity contribution is 6.30. The van der Waals surface area contributed by atoms with E-state index in [0.717, 1.165) is 10.9 Å². The van der Waals surface area contributed by atoms with Crippen LogP contribution in [0.2, 0.25) is 5.02 Å². The Balaban J connectivity index is 2.10. The van der Waals surface area contributed by atoms with Crippen molar-refractivity contribution in [3.63, 3.8) is 0 Å². The van der Waals surface area contributed by atoms with Crippen molar-refractivity contribution in [3.8, 4) is 5.75 Å². The first-order valence-electron chi connectivity index (χ1n) is 9.57. The molecule has 30 heavy (non-hydrogen) atoms. The molecule has 2 aromatic carbocycles. The van der Waals surface area contributed by atoms with Gasteiger partial charge < -0.3 is 15.2 Å². The number of ether oxygens (including phenoxy) is 1. The van der Waals surface area contributed by atoms with Gasteiger partial charge in [-0.25, -0.2) is 0 Å². The van der Waals surface area contributed by atoms with E-state index >= 15 is 0 Å². The number of aliphatic hydroxyl groups excluding tert-OH is 1. The number of carbonyl (C=O) groups excluding carboxylic acids is 2. The maximum absolute atomic E-state index is 13.3. The molecular formula is C23H25ClN2O4. The molecule has 3 aromatic rings. The number of nitrogens with one attached hydrogen (secondary N) is 1. The van der Waals surface area contributed by atoms with Gasteiger partial charge in [-0.05, 0) is 68.8 Å². The lowest BCUT2D eigenvalue weighted by molar-refractivity contribution is -0.122. The van der Waals surface area contributed by atoms with Gasteiger partial charge in [0.15, 0.2) is 0 Å². The topological polar surface area (TPSA) is 80.6 Å². The number of hydrogen-bond donors (Lipinski definition) is 2. The Kier molecular flexibility index (Phi) is 6.19. The van der Waals surface area contributed by atoms with Gasteiger partial charge in [-0.3, -0.25) is 14.2 Å². The lowest BCUT2D eigenvalue weighted by Crippen LogP contribution is -2.46. The van der Waals surface area contributed by atoms with Gasteiger partial charge in [-0.1, -0.05) is 11.6 Å². The van der Waals surface area contributed by atoms with E-state index < -0.39 is 5.54 Å². The third-order valence-corrected chi connectivity index (χ3v) is 5.30. The van der Waals surface area contributed by atoms with Crippen molar-refractivity contribution in [1.29, 1.82) is 0 Å². The molecule has 0 unspecified atom stereocenters. The number of aliphatic hydroxyl groups is 1. The SMILES string of the molecule is COc1ccc2c(c1)c(CC(=O)NC(C)(C)CO)c(C)n2C(=O)c1ccc(Cl)cc1. The number of benzene rings is 2. The summed E-state index contributed by atoms with van der Waals surface area (Å²) in [6, 6.07) is 12.1. The van der Waals surface area contributed by atoms with Crippen molar-refractivity contribution >= 4 is 34.3 Å². The largest absolute Gasteiger partial charge is 0.497 e. The Hall–Kier alpha value is -2.83. The normalized spacial score (nSPS) is 11.5. The minimum atomic E-state index is -0.736. The molecule has 1 aromatic heterocycles. The molecule has 6 nitrogen and oxygen atoms in total. The quantitative estimate of drug-likeness (QED) is 0.626. The number of nitrogens with zero attached hydrogens (tertiary/aromatic N) is 1. The molecule has 0 bridgehead atoms. The first-order valence-corrected chi connectivity index (χ1v) is 9.94. The molecule has 0 aliphatic carbocycles. The van der Waals surface area contributed by atoms with E-state index in [4.69, 9.17) is 16.3 Å². The summed E-state index contributed by atoms with van der Waals surface area (Å²) in [7, 11) is 1.57. The second-order valence-corrected chi connectivity index (χ2v) is 8.30. The van der Waals surface area contributed by atoms with Crippen LogP contribution in [0.5, 0.6) is 5.75 Å². The van der Waals surface area contributed by atoms with Gasteiger partial charge in [0.05, 0.1) is 31.2 Å². The minimum Gasteiger partial charge on any atom is -0.497 e. The molecule has 0 fully saturated rings. The zero-order valence-corrected chi connectivity index (χ0v) is 18.2. The van der Waals surface area contributed by atoms with E-state index in [9.17, 15) is 14.7 Å². The molecule has 0 saturated carbocycles. The van der Waals surface area contributed by atoms with Gasteiger partial charge in [-0.2, -0.15) is 0 Å². The number of aromatic nitrogens is 1. The third-order valence-electron chi connectivity index (χ3n) is 5.05. The Morgan fingerprint density at radius 3 is 2.43 bits per heavy atom. The molecule has 0 radical (unpaired) electrons. The summed E-state index contributed by atoms with van der Waals surface area (Å²) < 4.78 is 6.95. The summed E-state index contributed by atoms with van der Waals surface area (Å²) in [5, 5.41) is 13.6. The molecule has 0 saturated heterocycles. The van der Waals surface area contributed by atoms with E-state index in [1.165, 1.54) is 0 Å². The summed E-state index contributed by atoms with van der Waals surface area (Å²) in [4.78, 5) is 25.9.